The minimum Gasteiger partial charge on any atom is -0.478 e. The van der Waals surface area contributed by atoms with E-state index in [0.29, 0.717) is 24.2 Å². The molecular formula is C27H48O4. The highest BCUT2D eigenvalue weighted by Gasteiger charge is 2.16. The number of hydrogen-bond donors (Lipinski definition) is 1. The van der Waals surface area contributed by atoms with Crippen LogP contribution in [0.1, 0.15) is 136 Å². The van der Waals surface area contributed by atoms with Gasteiger partial charge in [0.2, 0.25) is 0 Å². The second-order valence-electron chi connectivity index (χ2n) is 8.80. The van der Waals surface area contributed by atoms with Gasteiger partial charge in [-0.25, -0.2) is 9.59 Å². The lowest BCUT2D eigenvalue weighted by atomic mass is 10.0. The predicted octanol–water partition coefficient (Wildman–Crippen LogP) is 8.51. The number of carbonyl (C=O) groups excluding carboxylic acids is 1. The fraction of sp³-hybridized carbons (Fsp3) is 0.778. The molecule has 0 fully saturated rings. The van der Waals surface area contributed by atoms with Gasteiger partial charge in [-0.3, -0.25) is 0 Å². The number of carbonyl (C=O) groups is 2. The van der Waals surface area contributed by atoms with Gasteiger partial charge in [0.15, 0.2) is 0 Å². The van der Waals surface area contributed by atoms with E-state index in [2.05, 4.69) is 20.4 Å². The van der Waals surface area contributed by atoms with Crippen LogP contribution >= 0.6 is 0 Å². The lowest BCUT2D eigenvalue weighted by Gasteiger charge is -2.12. The second kappa shape index (κ2) is 20.3. The summed E-state index contributed by atoms with van der Waals surface area (Å²) in [5.41, 5.74) is 0.564. The van der Waals surface area contributed by atoms with Crippen molar-refractivity contribution in [2.45, 2.75) is 136 Å². The maximum absolute atomic E-state index is 12.4. The van der Waals surface area contributed by atoms with Crippen molar-refractivity contribution < 1.29 is 19.4 Å². The Hall–Kier alpha value is -1.58. The third-order valence-electron chi connectivity index (χ3n) is 5.83. The molecule has 0 bridgehead atoms. The van der Waals surface area contributed by atoms with Gasteiger partial charge in [-0.15, -0.1) is 0 Å². The first kappa shape index (κ1) is 29.4. The van der Waals surface area contributed by atoms with Crippen molar-refractivity contribution in [2.75, 3.05) is 0 Å². The molecule has 0 aromatic rings. The van der Waals surface area contributed by atoms with Crippen LogP contribution in [0, 0.1) is 0 Å². The van der Waals surface area contributed by atoms with Crippen molar-refractivity contribution in [1.29, 1.82) is 0 Å². The van der Waals surface area contributed by atoms with Gasteiger partial charge in [0.25, 0.3) is 0 Å². The molecule has 0 aliphatic rings. The lowest BCUT2D eigenvalue weighted by Crippen LogP contribution is -2.11. The van der Waals surface area contributed by atoms with Gasteiger partial charge in [0.05, 0.1) is 5.57 Å². The summed E-state index contributed by atoms with van der Waals surface area (Å²) in [5.74, 6) is -1.21. The Kier molecular flexibility index (Phi) is 19.3. The van der Waals surface area contributed by atoms with Gasteiger partial charge >= 0.3 is 11.9 Å². The maximum Gasteiger partial charge on any atom is 0.338 e. The summed E-state index contributed by atoms with van der Waals surface area (Å²) in [7, 11) is 0. The zero-order valence-corrected chi connectivity index (χ0v) is 20.6. The van der Waals surface area contributed by atoms with Gasteiger partial charge in [0.1, 0.15) is 5.76 Å². The molecule has 0 aromatic heterocycles. The van der Waals surface area contributed by atoms with E-state index in [4.69, 9.17) is 4.74 Å². The first-order valence-electron chi connectivity index (χ1n) is 12.8. The van der Waals surface area contributed by atoms with Crippen LogP contribution in [0.25, 0.3) is 0 Å². The molecule has 0 aliphatic carbocycles. The Balaban J connectivity index is 4.24. The fourth-order valence-corrected chi connectivity index (χ4v) is 3.61. The van der Waals surface area contributed by atoms with Crippen LogP contribution in [-0.2, 0) is 14.3 Å². The standard InChI is InChI=1S/C27H48O4/c1-5-7-9-11-13-15-17-19-21-23(3)27(30)31-25(24(4)26(28)29)22-20-18-16-14-12-10-8-6-2/h3,5-22H2,1-2,4H3,(H,28,29). The molecule has 0 aliphatic heterocycles. The summed E-state index contributed by atoms with van der Waals surface area (Å²) in [5, 5.41) is 9.33. The predicted molar refractivity (Wildman–Crippen MR) is 130 cm³/mol. The van der Waals surface area contributed by atoms with Crippen molar-refractivity contribution in [3.63, 3.8) is 0 Å². The van der Waals surface area contributed by atoms with Gasteiger partial charge < -0.3 is 9.84 Å². The lowest BCUT2D eigenvalue weighted by molar-refractivity contribution is -0.136. The molecule has 0 saturated carbocycles. The molecule has 31 heavy (non-hydrogen) atoms. The molecule has 0 spiro atoms. The number of esters is 1. The molecule has 0 aromatic carbocycles. The fourth-order valence-electron chi connectivity index (χ4n) is 3.61. The topological polar surface area (TPSA) is 63.6 Å². The van der Waals surface area contributed by atoms with Crippen molar-refractivity contribution in [1.82, 2.24) is 0 Å². The summed E-state index contributed by atoms with van der Waals surface area (Å²) in [6, 6.07) is 0. The van der Waals surface area contributed by atoms with E-state index in [1.807, 2.05) is 0 Å². The summed E-state index contributed by atoms with van der Waals surface area (Å²) in [6.07, 6.45) is 20.1. The SMILES string of the molecule is C=C(CCCCCCCCCC)C(=O)OC(CCCCCCCCCC)=C(C)C(=O)O. The van der Waals surface area contributed by atoms with Crippen LogP contribution in [0.5, 0.6) is 0 Å². The molecule has 0 amide bonds. The molecule has 0 unspecified atom stereocenters. The normalized spacial score (nSPS) is 11.8. The van der Waals surface area contributed by atoms with Gasteiger partial charge in [-0.05, 0) is 26.2 Å². The van der Waals surface area contributed by atoms with Crippen LogP contribution in [0.4, 0.5) is 0 Å². The van der Waals surface area contributed by atoms with Crippen LogP contribution in [-0.4, -0.2) is 17.0 Å². The van der Waals surface area contributed by atoms with Crippen molar-refractivity contribution in [2.24, 2.45) is 0 Å². The largest absolute Gasteiger partial charge is 0.478 e. The number of hydrogen-bond acceptors (Lipinski definition) is 3. The average Bonchev–Trinajstić information content (AvgIpc) is 2.75. The third kappa shape index (κ3) is 16.7. The number of allylic oxidation sites excluding steroid dienone is 1. The summed E-state index contributed by atoms with van der Waals surface area (Å²) >= 11 is 0. The molecule has 180 valence electrons. The van der Waals surface area contributed by atoms with Gasteiger partial charge in [-0.1, -0.05) is 110 Å². The number of ether oxygens (including phenoxy) is 1. The summed E-state index contributed by atoms with van der Waals surface area (Å²) < 4.78 is 5.48. The molecule has 4 nitrogen and oxygen atoms in total. The molecule has 0 atom stereocenters. The zero-order valence-electron chi connectivity index (χ0n) is 20.6. The number of aliphatic carboxylic acids is 1. The maximum atomic E-state index is 12.4. The van der Waals surface area contributed by atoms with E-state index in [0.717, 1.165) is 32.1 Å². The van der Waals surface area contributed by atoms with Crippen LogP contribution in [0.15, 0.2) is 23.5 Å². The minimum atomic E-state index is -1.03. The summed E-state index contributed by atoms with van der Waals surface area (Å²) in [4.78, 5) is 23.8. The molecule has 1 N–H and O–H groups in total. The monoisotopic (exact) mass is 436 g/mol. The zero-order chi connectivity index (χ0) is 23.3. The molecule has 0 rings (SSSR count). The van der Waals surface area contributed by atoms with Gasteiger partial charge in [0, 0.05) is 12.0 Å². The van der Waals surface area contributed by atoms with E-state index in [-0.39, 0.29) is 5.57 Å². The van der Waals surface area contributed by atoms with Crippen LogP contribution in [0.3, 0.4) is 0 Å². The second-order valence-corrected chi connectivity index (χ2v) is 8.80. The Labute approximate surface area is 191 Å². The third-order valence-corrected chi connectivity index (χ3v) is 5.83. The van der Waals surface area contributed by atoms with Crippen LogP contribution < -0.4 is 0 Å². The molecule has 0 radical (unpaired) electrons. The average molecular weight is 437 g/mol. The molecule has 4 heteroatoms. The van der Waals surface area contributed by atoms with E-state index < -0.39 is 11.9 Å². The quantitative estimate of drug-likeness (QED) is 0.0847. The Bertz CT molecular complexity index is 533. The van der Waals surface area contributed by atoms with E-state index >= 15 is 0 Å². The number of carboxylic acid groups (broad SMARTS) is 1. The minimum absolute atomic E-state index is 0.121. The molecule has 0 saturated heterocycles. The number of carboxylic acids is 1. The highest BCUT2D eigenvalue weighted by Crippen LogP contribution is 2.20. The Morgan fingerprint density at radius 3 is 1.48 bits per heavy atom. The van der Waals surface area contributed by atoms with Crippen LogP contribution in [0.2, 0.25) is 0 Å². The van der Waals surface area contributed by atoms with E-state index in [1.165, 1.54) is 77.6 Å². The van der Waals surface area contributed by atoms with Crippen molar-refractivity contribution in [3.8, 4) is 0 Å². The smallest absolute Gasteiger partial charge is 0.338 e. The Morgan fingerprint density at radius 2 is 1.06 bits per heavy atom. The first-order chi connectivity index (χ1) is 14.9. The summed E-state index contributed by atoms with van der Waals surface area (Å²) in [6.45, 7) is 9.82. The number of unbranched alkanes of at least 4 members (excludes halogenated alkanes) is 14. The van der Waals surface area contributed by atoms with E-state index in [1.54, 1.807) is 0 Å². The van der Waals surface area contributed by atoms with Crippen molar-refractivity contribution >= 4 is 11.9 Å². The van der Waals surface area contributed by atoms with Gasteiger partial charge in [-0.2, -0.15) is 0 Å². The number of rotatable bonds is 21. The molecular weight excluding hydrogens is 388 g/mol. The Morgan fingerprint density at radius 1 is 0.677 bits per heavy atom. The first-order valence-corrected chi connectivity index (χ1v) is 12.8. The highest BCUT2D eigenvalue weighted by atomic mass is 16.5. The van der Waals surface area contributed by atoms with Crippen molar-refractivity contribution in [3.05, 3.63) is 23.5 Å². The highest BCUT2D eigenvalue weighted by molar-refractivity contribution is 5.90. The van der Waals surface area contributed by atoms with E-state index in [9.17, 15) is 14.7 Å². The molecule has 0 heterocycles.